The summed E-state index contributed by atoms with van der Waals surface area (Å²) in [4.78, 5) is 0. The van der Waals surface area contributed by atoms with Gasteiger partial charge in [-0.25, -0.2) is 0 Å². The largest absolute Gasteiger partial charge is 0.388 e. The van der Waals surface area contributed by atoms with Crippen LogP contribution < -0.4 is 0 Å². The van der Waals surface area contributed by atoms with Crippen molar-refractivity contribution in [2.75, 3.05) is 0 Å². The molecule has 0 aromatic carbocycles. The Morgan fingerprint density at radius 1 is 0.704 bits per heavy atom. The van der Waals surface area contributed by atoms with E-state index >= 15 is 0 Å². The summed E-state index contributed by atoms with van der Waals surface area (Å²) < 4.78 is 0. The van der Waals surface area contributed by atoms with Crippen molar-refractivity contribution in [2.45, 2.75) is 128 Å². The Kier molecular flexibility index (Phi) is 9.36. The predicted molar refractivity (Wildman–Crippen MR) is 123 cm³/mol. The van der Waals surface area contributed by atoms with Crippen LogP contribution in [0, 0.1) is 27.1 Å². The maximum absolute atomic E-state index is 10.7. The summed E-state index contributed by atoms with van der Waals surface area (Å²) in [5.41, 5.74) is 1.23. The van der Waals surface area contributed by atoms with Gasteiger partial charge in [0.2, 0.25) is 0 Å². The molecule has 0 amide bonds. The lowest BCUT2D eigenvalue weighted by Gasteiger charge is -2.37. The molecule has 27 heavy (non-hydrogen) atoms. The minimum Gasteiger partial charge on any atom is -0.388 e. The van der Waals surface area contributed by atoms with Crippen LogP contribution >= 0.6 is 0 Å². The molecular weight excluding hydrogens is 328 g/mol. The first kappa shape index (κ1) is 26.7. The van der Waals surface area contributed by atoms with Crippen molar-refractivity contribution in [3.63, 3.8) is 0 Å². The number of allylic oxidation sites excluding steroid dienone is 1. The Morgan fingerprint density at radius 3 is 1.63 bits per heavy atom. The van der Waals surface area contributed by atoms with Gasteiger partial charge >= 0.3 is 0 Å². The highest BCUT2D eigenvalue weighted by Crippen LogP contribution is 2.42. The summed E-state index contributed by atoms with van der Waals surface area (Å²) in [7, 11) is 0. The van der Waals surface area contributed by atoms with Gasteiger partial charge in [-0.2, -0.15) is 0 Å². The average Bonchev–Trinajstić information content (AvgIpc) is 2.41. The number of hydrogen-bond acceptors (Lipinski definition) is 1. The van der Waals surface area contributed by atoms with E-state index in [1.54, 1.807) is 0 Å². The molecule has 0 aromatic heterocycles. The van der Waals surface area contributed by atoms with Crippen molar-refractivity contribution in [3.8, 4) is 0 Å². The van der Waals surface area contributed by atoms with E-state index in [1.165, 1.54) is 25.7 Å². The molecule has 1 heteroatoms. The second-order valence-corrected chi connectivity index (χ2v) is 13.3. The van der Waals surface area contributed by atoms with Crippen molar-refractivity contribution in [3.05, 3.63) is 12.2 Å². The summed E-state index contributed by atoms with van der Waals surface area (Å²) >= 11 is 0. The Hall–Kier alpha value is -0.300. The number of aliphatic hydroxyl groups is 1. The number of aliphatic hydroxyl groups excluding tert-OH is 1. The predicted octanol–water partition coefficient (Wildman–Crippen LogP) is 8.41. The van der Waals surface area contributed by atoms with Crippen LogP contribution in [0.1, 0.15) is 122 Å². The van der Waals surface area contributed by atoms with Gasteiger partial charge in [-0.3, -0.25) is 0 Å². The molecular formula is C26H52O. The highest BCUT2D eigenvalue weighted by atomic mass is 16.3. The van der Waals surface area contributed by atoms with Crippen molar-refractivity contribution in [1.29, 1.82) is 0 Å². The molecule has 0 saturated carbocycles. The molecule has 1 unspecified atom stereocenters. The molecule has 1 nitrogen and oxygen atoms in total. The molecule has 162 valence electrons. The van der Waals surface area contributed by atoms with Gasteiger partial charge in [-0.15, -0.1) is 0 Å². The smallest absolute Gasteiger partial charge is 0.0772 e. The summed E-state index contributed by atoms with van der Waals surface area (Å²) in [6, 6.07) is 0. The van der Waals surface area contributed by atoms with Crippen molar-refractivity contribution < 1.29 is 5.11 Å². The first-order valence-corrected chi connectivity index (χ1v) is 11.2. The summed E-state index contributed by atoms with van der Waals surface area (Å²) in [6.45, 7) is 27.8. The maximum atomic E-state index is 10.7. The normalized spacial score (nSPS) is 16.2. The van der Waals surface area contributed by atoms with Gasteiger partial charge in [0, 0.05) is 0 Å². The lowest BCUT2D eigenvalue weighted by molar-refractivity contribution is 0.0546. The molecule has 0 rings (SSSR count). The quantitative estimate of drug-likeness (QED) is 0.357. The van der Waals surface area contributed by atoms with E-state index in [0.717, 1.165) is 12.8 Å². The fourth-order valence-corrected chi connectivity index (χ4v) is 4.54. The molecule has 0 spiro atoms. The third kappa shape index (κ3) is 12.0. The molecule has 0 saturated heterocycles. The van der Waals surface area contributed by atoms with Gasteiger partial charge in [0.15, 0.2) is 0 Å². The first-order valence-electron chi connectivity index (χ1n) is 11.2. The molecule has 0 radical (unpaired) electrons. The molecule has 0 aromatic rings. The van der Waals surface area contributed by atoms with Crippen LogP contribution in [0.15, 0.2) is 12.2 Å². The SMILES string of the molecule is CCC(C)(C)CC(C)(C)CCC(C)(C)CC=CC(O)C(C)(C)CC(C)(C)C. The summed E-state index contributed by atoms with van der Waals surface area (Å²) in [5.74, 6) is 0. The topological polar surface area (TPSA) is 20.2 Å². The lowest BCUT2D eigenvalue weighted by atomic mass is 9.69. The minimum absolute atomic E-state index is 0.0907. The Morgan fingerprint density at radius 2 is 1.19 bits per heavy atom. The van der Waals surface area contributed by atoms with Gasteiger partial charge < -0.3 is 5.11 Å². The Balaban J connectivity index is 4.69. The van der Waals surface area contributed by atoms with Crippen LogP contribution in [0.2, 0.25) is 0 Å². The molecule has 0 aliphatic rings. The van der Waals surface area contributed by atoms with Gasteiger partial charge in [0.05, 0.1) is 6.10 Å². The molecule has 0 heterocycles. The van der Waals surface area contributed by atoms with E-state index in [2.05, 4.69) is 89.2 Å². The van der Waals surface area contributed by atoms with Crippen LogP contribution in [0.25, 0.3) is 0 Å². The van der Waals surface area contributed by atoms with Crippen LogP contribution in [0.3, 0.4) is 0 Å². The van der Waals surface area contributed by atoms with E-state index in [1.807, 2.05) is 6.08 Å². The number of rotatable bonds is 11. The standard InChI is InChI=1S/C26H52O/c1-13-23(5,6)20-25(9,10)18-17-24(7,8)16-14-15-21(27)26(11,12)19-22(2,3)4/h14-15,21,27H,13,16-20H2,1-12H3. The van der Waals surface area contributed by atoms with E-state index in [0.29, 0.717) is 10.8 Å². The third-order valence-electron chi connectivity index (χ3n) is 6.17. The van der Waals surface area contributed by atoms with Gasteiger partial charge in [-0.1, -0.05) is 102 Å². The summed E-state index contributed by atoms with van der Waals surface area (Å²) in [6.07, 6.45) is 10.9. The van der Waals surface area contributed by atoms with Crippen LogP contribution in [-0.4, -0.2) is 11.2 Å². The van der Waals surface area contributed by atoms with Crippen molar-refractivity contribution >= 4 is 0 Å². The molecule has 0 aliphatic heterocycles. The molecule has 1 N–H and O–H groups in total. The zero-order valence-electron chi connectivity index (χ0n) is 20.9. The van der Waals surface area contributed by atoms with Crippen LogP contribution in [0.5, 0.6) is 0 Å². The van der Waals surface area contributed by atoms with E-state index in [9.17, 15) is 5.11 Å². The summed E-state index contributed by atoms with van der Waals surface area (Å²) in [5, 5.41) is 10.7. The fraction of sp³-hybridized carbons (Fsp3) is 0.923. The highest BCUT2D eigenvalue weighted by molar-refractivity contribution is 4.99. The maximum Gasteiger partial charge on any atom is 0.0772 e. The van der Waals surface area contributed by atoms with E-state index in [4.69, 9.17) is 0 Å². The van der Waals surface area contributed by atoms with Crippen LogP contribution in [0.4, 0.5) is 0 Å². The zero-order chi connectivity index (χ0) is 21.7. The van der Waals surface area contributed by atoms with E-state index < -0.39 is 0 Å². The van der Waals surface area contributed by atoms with Crippen molar-refractivity contribution in [2.24, 2.45) is 27.1 Å². The Bertz CT molecular complexity index is 457. The van der Waals surface area contributed by atoms with Gasteiger partial charge in [-0.05, 0) is 59.2 Å². The fourth-order valence-electron chi connectivity index (χ4n) is 4.54. The minimum atomic E-state index is -0.380. The van der Waals surface area contributed by atoms with Crippen molar-refractivity contribution in [1.82, 2.24) is 0 Å². The third-order valence-corrected chi connectivity index (χ3v) is 6.17. The van der Waals surface area contributed by atoms with E-state index in [-0.39, 0.29) is 22.3 Å². The van der Waals surface area contributed by atoms with Gasteiger partial charge in [0.25, 0.3) is 0 Å². The molecule has 0 fully saturated rings. The Labute approximate surface area is 172 Å². The molecule has 0 bridgehead atoms. The van der Waals surface area contributed by atoms with Crippen LogP contribution in [-0.2, 0) is 0 Å². The lowest BCUT2D eigenvalue weighted by Crippen LogP contribution is -2.32. The second-order valence-electron chi connectivity index (χ2n) is 13.3. The zero-order valence-corrected chi connectivity index (χ0v) is 20.9. The molecule has 1 atom stereocenters. The van der Waals surface area contributed by atoms with Gasteiger partial charge in [0.1, 0.15) is 0 Å². The number of hydrogen-bond donors (Lipinski definition) is 1. The highest BCUT2D eigenvalue weighted by Gasteiger charge is 2.32. The average molecular weight is 381 g/mol. The monoisotopic (exact) mass is 380 g/mol. The second kappa shape index (κ2) is 9.47. The first-order chi connectivity index (χ1) is 11.8. The molecule has 0 aliphatic carbocycles.